The van der Waals surface area contributed by atoms with Crippen molar-refractivity contribution in [3.05, 3.63) is 47.3 Å². The first-order valence-corrected chi connectivity index (χ1v) is 4.16. The lowest BCUT2D eigenvalue weighted by molar-refractivity contribution is 0.112. The molecule has 15 heavy (non-hydrogen) atoms. The van der Waals surface area contributed by atoms with E-state index in [0.29, 0.717) is 6.29 Å². The van der Waals surface area contributed by atoms with Crippen LogP contribution in [0, 0.1) is 17.5 Å². The summed E-state index contributed by atoms with van der Waals surface area (Å²) in [5.74, 6) is -3.99. The first kappa shape index (κ1) is 9.71. The van der Waals surface area contributed by atoms with E-state index in [1.807, 2.05) is 0 Å². The molecule has 0 atom stereocenters. The molecule has 0 bridgehead atoms. The molecule has 2 rings (SSSR count). The van der Waals surface area contributed by atoms with Crippen LogP contribution in [0.2, 0.25) is 0 Å². The van der Waals surface area contributed by atoms with Crippen LogP contribution in [-0.2, 0) is 0 Å². The molecule has 76 valence electrons. The minimum Gasteiger partial charge on any atom is -0.298 e. The van der Waals surface area contributed by atoms with E-state index in [0.717, 1.165) is 6.07 Å². The molecular weight excluding hydrogens is 205 g/mol. The Labute approximate surface area is 83.1 Å². The Morgan fingerprint density at radius 1 is 1.00 bits per heavy atom. The molecule has 0 unspecified atom stereocenters. The SMILES string of the molecule is O=Cc1ccc2c(F)c(F)c(F)cc2c1. The number of hydrogen-bond acceptors (Lipinski definition) is 1. The number of rotatable bonds is 1. The minimum atomic E-state index is -1.50. The van der Waals surface area contributed by atoms with E-state index < -0.39 is 17.5 Å². The van der Waals surface area contributed by atoms with Crippen LogP contribution in [0.4, 0.5) is 13.2 Å². The van der Waals surface area contributed by atoms with E-state index in [9.17, 15) is 18.0 Å². The smallest absolute Gasteiger partial charge is 0.195 e. The third-order valence-electron chi connectivity index (χ3n) is 2.13. The molecule has 1 nitrogen and oxygen atoms in total. The van der Waals surface area contributed by atoms with E-state index in [2.05, 4.69) is 0 Å². The molecule has 0 radical (unpaired) electrons. The average Bonchev–Trinajstić information content (AvgIpc) is 2.25. The van der Waals surface area contributed by atoms with Crippen molar-refractivity contribution < 1.29 is 18.0 Å². The summed E-state index contributed by atoms with van der Waals surface area (Å²) in [5, 5.41) is 0.121. The molecule has 0 aliphatic heterocycles. The number of aldehydes is 1. The Morgan fingerprint density at radius 2 is 1.73 bits per heavy atom. The summed E-state index contributed by atoms with van der Waals surface area (Å²) < 4.78 is 38.9. The van der Waals surface area contributed by atoms with Gasteiger partial charge >= 0.3 is 0 Å². The second-order valence-corrected chi connectivity index (χ2v) is 3.08. The second kappa shape index (κ2) is 3.38. The highest BCUT2D eigenvalue weighted by molar-refractivity contribution is 5.89. The molecule has 2 aromatic carbocycles. The molecule has 0 spiro atoms. The van der Waals surface area contributed by atoms with Crippen LogP contribution >= 0.6 is 0 Å². The first-order valence-electron chi connectivity index (χ1n) is 4.16. The Hall–Kier alpha value is -1.84. The number of carbonyl (C=O) groups excluding carboxylic acids is 1. The Balaban J connectivity index is 2.86. The van der Waals surface area contributed by atoms with Gasteiger partial charge in [-0.3, -0.25) is 4.79 Å². The van der Waals surface area contributed by atoms with Crippen LogP contribution in [0.25, 0.3) is 10.8 Å². The number of benzene rings is 2. The molecule has 0 fully saturated rings. The van der Waals surface area contributed by atoms with E-state index in [4.69, 9.17) is 0 Å². The fourth-order valence-corrected chi connectivity index (χ4v) is 1.40. The lowest BCUT2D eigenvalue weighted by Gasteiger charge is -2.02. The van der Waals surface area contributed by atoms with Crippen molar-refractivity contribution in [2.45, 2.75) is 0 Å². The minimum absolute atomic E-state index is 0.0421. The quantitative estimate of drug-likeness (QED) is 0.522. The van der Waals surface area contributed by atoms with Gasteiger partial charge in [-0.25, -0.2) is 13.2 Å². The Bertz CT molecular complexity index is 549. The molecule has 0 heterocycles. The number of hydrogen-bond donors (Lipinski definition) is 0. The monoisotopic (exact) mass is 210 g/mol. The van der Waals surface area contributed by atoms with Crippen LogP contribution < -0.4 is 0 Å². The molecule has 0 saturated carbocycles. The fraction of sp³-hybridized carbons (Fsp3) is 0. The number of halogens is 3. The van der Waals surface area contributed by atoms with Gasteiger partial charge in [0.2, 0.25) is 0 Å². The van der Waals surface area contributed by atoms with Gasteiger partial charge in [-0.15, -0.1) is 0 Å². The van der Waals surface area contributed by atoms with Gasteiger partial charge in [0.15, 0.2) is 17.5 Å². The van der Waals surface area contributed by atoms with Crippen molar-refractivity contribution in [2.24, 2.45) is 0 Å². The van der Waals surface area contributed by atoms with Crippen molar-refractivity contribution in [3.8, 4) is 0 Å². The fourth-order valence-electron chi connectivity index (χ4n) is 1.40. The highest BCUT2D eigenvalue weighted by Crippen LogP contribution is 2.23. The molecule has 0 saturated heterocycles. The predicted molar refractivity (Wildman–Crippen MR) is 49.2 cm³/mol. The third-order valence-corrected chi connectivity index (χ3v) is 2.13. The van der Waals surface area contributed by atoms with E-state index in [1.165, 1.54) is 18.2 Å². The molecule has 0 aliphatic carbocycles. The maximum Gasteiger partial charge on any atom is 0.195 e. The number of fused-ring (bicyclic) bond motifs is 1. The molecule has 0 amide bonds. The van der Waals surface area contributed by atoms with Gasteiger partial charge in [0.25, 0.3) is 0 Å². The van der Waals surface area contributed by atoms with Crippen LogP contribution in [0.15, 0.2) is 24.3 Å². The van der Waals surface area contributed by atoms with Crippen LogP contribution in [0.1, 0.15) is 10.4 Å². The summed E-state index contributed by atoms with van der Waals surface area (Å²) >= 11 is 0. The van der Waals surface area contributed by atoms with Crippen LogP contribution in [-0.4, -0.2) is 6.29 Å². The van der Waals surface area contributed by atoms with Crippen LogP contribution in [0.3, 0.4) is 0 Å². The summed E-state index contributed by atoms with van der Waals surface area (Å²) in [6, 6.07) is 4.75. The van der Waals surface area contributed by atoms with E-state index >= 15 is 0 Å². The van der Waals surface area contributed by atoms with Crippen molar-refractivity contribution in [3.63, 3.8) is 0 Å². The summed E-state index contributed by atoms with van der Waals surface area (Å²) in [6.07, 6.45) is 0.554. The third kappa shape index (κ3) is 1.48. The van der Waals surface area contributed by atoms with Crippen molar-refractivity contribution >= 4 is 17.1 Å². The largest absolute Gasteiger partial charge is 0.298 e. The maximum atomic E-state index is 13.2. The lowest BCUT2D eigenvalue weighted by Crippen LogP contribution is -1.92. The Kier molecular flexibility index (Phi) is 2.19. The zero-order valence-corrected chi connectivity index (χ0v) is 7.43. The van der Waals surface area contributed by atoms with Crippen LogP contribution in [0.5, 0.6) is 0 Å². The van der Waals surface area contributed by atoms with E-state index in [-0.39, 0.29) is 16.3 Å². The lowest BCUT2D eigenvalue weighted by atomic mass is 10.1. The Morgan fingerprint density at radius 3 is 2.40 bits per heavy atom. The molecule has 0 aliphatic rings. The summed E-state index contributed by atoms with van der Waals surface area (Å²) in [7, 11) is 0. The van der Waals surface area contributed by atoms with Gasteiger partial charge in [0.1, 0.15) is 6.29 Å². The number of carbonyl (C=O) groups is 1. The maximum absolute atomic E-state index is 13.2. The zero-order chi connectivity index (χ0) is 11.0. The molecular formula is C11H5F3O. The highest BCUT2D eigenvalue weighted by Gasteiger charge is 2.13. The molecule has 2 aromatic rings. The van der Waals surface area contributed by atoms with Crippen molar-refractivity contribution in [1.29, 1.82) is 0 Å². The molecule has 0 N–H and O–H groups in total. The molecule has 0 aromatic heterocycles. The van der Waals surface area contributed by atoms with Gasteiger partial charge in [-0.05, 0) is 17.5 Å². The summed E-state index contributed by atoms with van der Waals surface area (Å²) in [6.45, 7) is 0. The predicted octanol–water partition coefficient (Wildman–Crippen LogP) is 3.07. The van der Waals surface area contributed by atoms with Crippen molar-refractivity contribution in [1.82, 2.24) is 0 Å². The summed E-state index contributed by atoms with van der Waals surface area (Å²) in [5.41, 5.74) is 0.285. The summed E-state index contributed by atoms with van der Waals surface area (Å²) in [4.78, 5) is 10.4. The normalized spacial score (nSPS) is 10.6. The van der Waals surface area contributed by atoms with Crippen molar-refractivity contribution in [2.75, 3.05) is 0 Å². The zero-order valence-electron chi connectivity index (χ0n) is 7.43. The standard InChI is InChI=1S/C11H5F3O/c12-9-4-7-3-6(5-15)1-2-8(7)10(13)11(9)14/h1-5H. The first-order chi connectivity index (χ1) is 7.13. The second-order valence-electron chi connectivity index (χ2n) is 3.08. The van der Waals surface area contributed by atoms with Gasteiger partial charge in [-0.1, -0.05) is 12.1 Å². The topological polar surface area (TPSA) is 17.1 Å². The van der Waals surface area contributed by atoms with Gasteiger partial charge in [-0.2, -0.15) is 0 Å². The highest BCUT2D eigenvalue weighted by atomic mass is 19.2. The van der Waals surface area contributed by atoms with Gasteiger partial charge in [0.05, 0.1) is 0 Å². The van der Waals surface area contributed by atoms with Gasteiger partial charge in [0, 0.05) is 10.9 Å². The van der Waals surface area contributed by atoms with Gasteiger partial charge < -0.3 is 0 Å². The van der Waals surface area contributed by atoms with E-state index in [1.54, 1.807) is 0 Å². The average molecular weight is 210 g/mol. The molecule has 4 heteroatoms.